The van der Waals surface area contributed by atoms with Crippen molar-refractivity contribution in [1.82, 2.24) is 19.7 Å². The highest BCUT2D eigenvalue weighted by Crippen LogP contribution is 2.35. The molecule has 1 aromatic carbocycles. The Labute approximate surface area is 175 Å². The predicted molar refractivity (Wildman–Crippen MR) is 112 cm³/mol. The normalized spacial score (nSPS) is 24.4. The molecule has 2 fully saturated rings. The molecule has 3 aliphatic heterocycles. The second-order valence-electron chi connectivity index (χ2n) is 8.88. The molecule has 6 nitrogen and oxygen atoms in total. The number of piperidine rings is 1. The van der Waals surface area contributed by atoms with Crippen molar-refractivity contribution in [2.75, 3.05) is 32.7 Å². The highest BCUT2D eigenvalue weighted by molar-refractivity contribution is 5.78. The van der Waals surface area contributed by atoms with Crippen LogP contribution in [0.1, 0.15) is 29.2 Å². The lowest BCUT2D eigenvalue weighted by molar-refractivity contribution is -0.124. The van der Waals surface area contributed by atoms with Crippen molar-refractivity contribution in [2.45, 2.75) is 32.0 Å². The molecule has 0 spiro atoms. The summed E-state index contributed by atoms with van der Waals surface area (Å²) in [7, 11) is 0. The van der Waals surface area contributed by atoms with Gasteiger partial charge in [0.25, 0.3) is 5.56 Å². The maximum Gasteiger partial charge on any atom is 0.255 e. The van der Waals surface area contributed by atoms with Crippen LogP contribution < -0.4 is 10.9 Å². The van der Waals surface area contributed by atoms with Gasteiger partial charge in [0.05, 0.1) is 6.54 Å². The first-order valence-corrected chi connectivity index (χ1v) is 10.7. The summed E-state index contributed by atoms with van der Waals surface area (Å²) in [6.07, 6.45) is 1.10. The van der Waals surface area contributed by atoms with E-state index < -0.39 is 0 Å². The standard InChI is InChI=1S/C23H27FN4O2/c24-20-3-1-2-16(9-20)10-27-11-17-8-19(14-27)21-5-4-18(23(30)28(21)12-17)13-26-7-6-25-22(29)15-26/h1-5,9,17,19H,6-8,10-15H2,(H,25,29)/t17-,19+/m0/s1. The summed E-state index contributed by atoms with van der Waals surface area (Å²) >= 11 is 0. The summed E-state index contributed by atoms with van der Waals surface area (Å²) in [5.74, 6) is 0.583. The second kappa shape index (κ2) is 7.96. The molecule has 0 radical (unpaired) electrons. The fraction of sp³-hybridized carbons (Fsp3) is 0.478. The Balaban J connectivity index is 1.33. The molecular weight excluding hydrogens is 383 g/mol. The van der Waals surface area contributed by atoms with Gasteiger partial charge in [0.15, 0.2) is 0 Å². The maximum atomic E-state index is 13.5. The van der Waals surface area contributed by atoms with Crippen molar-refractivity contribution in [2.24, 2.45) is 5.92 Å². The summed E-state index contributed by atoms with van der Waals surface area (Å²) in [5, 5.41) is 2.82. The minimum Gasteiger partial charge on any atom is -0.354 e. The molecule has 1 amide bonds. The fourth-order valence-corrected chi connectivity index (χ4v) is 5.30. The van der Waals surface area contributed by atoms with Gasteiger partial charge in [0, 0.05) is 63.0 Å². The lowest BCUT2D eigenvalue weighted by Gasteiger charge is -2.43. The van der Waals surface area contributed by atoms with E-state index in [0.29, 0.717) is 31.5 Å². The van der Waals surface area contributed by atoms with Gasteiger partial charge in [-0.25, -0.2) is 4.39 Å². The van der Waals surface area contributed by atoms with E-state index >= 15 is 0 Å². The first-order chi connectivity index (χ1) is 14.5. The van der Waals surface area contributed by atoms with Crippen LogP contribution in [0.4, 0.5) is 4.39 Å². The molecular formula is C23H27FN4O2. The highest BCUT2D eigenvalue weighted by atomic mass is 19.1. The number of fused-ring (bicyclic) bond motifs is 4. The van der Waals surface area contributed by atoms with Crippen LogP contribution in [0, 0.1) is 11.7 Å². The lowest BCUT2D eigenvalue weighted by atomic mass is 9.82. The number of pyridine rings is 1. The smallest absolute Gasteiger partial charge is 0.255 e. The van der Waals surface area contributed by atoms with Crippen LogP contribution in [0.25, 0.3) is 0 Å². The Morgan fingerprint density at radius 2 is 1.93 bits per heavy atom. The topological polar surface area (TPSA) is 57.6 Å². The first kappa shape index (κ1) is 19.5. The Morgan fingerprint density at radius 3 is 2.77 bits per heavy atom. The number of nitrogens with one attached hydrogen (secondary N) is 1. The van der Waals surface area contributed by atoms with Gasteiger partial charge >= 0.3 is 0 Å². The van der Waals surface area contributed by atoms with Crippen LogP contribution in [0.5, 0.6) is 0 Å². The number of hydrogen-bond acceptors (Lipinski definition) is 4. The summed E-state index contributed by atoms with van der Waals surface area (Å²) < 4.78 is 15.5. The number of carbonyl (C=O) groups excluding carboxylic acids is 1. The minimum absolute atomic E-state index is 0.0206. The molecule has 2 bridgehead atoms. The Morgan fingerprint density at radius 1 is 1.03 bits per heavy atom. The quantitative estimate of drug-likeness (QED) is 0.831. The van der Waals surface area contributed by atoms with Gasteiger partial charge in [-0.15, -0.1) is 0 Å². The zero-order chi connectivity index (χ0) is 20.7. The summed E-state index contributed by atoms with van der Waals surface area (Å²) in [4.78, 5) is 29.2. The molecule has 2 atom stereocenters. The average molecular weight is 410 g/mol. The molecule has 5 rings (SSSR count). The zero-order valence-electron chi connectivity index (χ0n) is 17.0. The lowest BCUT2D eigenvalue weighted by Crippen LogP contribution is -2.49. The number of nitrogens with zero attached hydrogens (tertiary/aromatic N) is 3. The Hall–Kier alpha value is -2.51. The number of likely N-dealkylation sites (tertiary alicyclic amines) is 1. The second-order valence-corrected chi connectivity index (χ2v) is 8.88. The minimum atomic E-state index is -0.194. The van der Waals surface area contributed by atoms with Crippen molar-refractivity contribution >= 4 is 5.91 Å². The number of aromatic nitrogens is 1. The molecule has 2 saturated heterocycles. The van der Waals surface area contributed by atoms with Gasteiger partial charge in [0.1, 0.15) is 5.82 Å². The Bertz CT molecular complexity index is 1020. The van der Waals surface area contributed by atoms with Crippen LogP contribution >= 0.6 is 0 Å². The van der Waals surface area contributed by atoms with Gasteiger partial charge < -0.3 is 9.88 Å². The number of piperazine rings is 1. The van der Waals surface area contributed by atoms with Crippen LogP contribution in [-0.4, -0.2) is 53.0 Å². The fourth-order valence-electron chi connectivity index (χ4n) is 5.30. The van der Waals surface area contributed by atoms with E-state index in [1.54, 1.807) is 12.1 Å². The van der Waals surface area contributed by atoms with E-state index in [0.717, 1.165) is 56.0 Å². The van der Waals surface area contributed by atoms with Crippen molar-refractivity contribution in [3.05, 3.63) is 69.4 Å². The van der Waals surface area contributed by atoms with E-state index in [4.69, 9.17) is 0 Å². The summed E-state index contributed by atoms with van der Waals surface area (Å²) in [6, 6.07) is 10.9. The van der Waals surface area contributed by atoms with Crippen LogP contribution in [0.3, 0.4) is 0 Å². The van der Waals surface area contributed by atoms with Gasteiger partial charge in [0.2, 0.25) is 5.91 Å². The molecule has 1 N–H and O–H groups in total. The van der Waals surface area contributed by atoms with Crippen LogP contribution in [0.2, 0.25) is 0 Å². The van der Waals surface area contributed by atoms with E-state index in [2.05, 4.69) is 16.3 Å². The molecule has 0 saturated carbocycles. The van der Waals surface area contributed by atoms with E-state index in [1.165, 1.54) is 6.07 Å². The maximum absolute atomic E-state index is 13.5. The summed E-state index contributed by atoms with van der Waals surface area (Å²) in [5.41, 5.74) is 2.96. The van der Waals surface area contributed by atoms with E-state index in [1.807, 2.05) is 21.6 Å². The molecule has 30 heavy (non-hydrogen) atoms. The Kier molecular flexibility index (Phi) is 5.16. The van der Waals surface area contributed by atoms with Crippen molar-refractivity contribution in [3.63, 3.8) is 0 Å². The largest absolute Gasteiger partial charge is 0.354 e. The van der Waals surface area contributed by atoms with E-state index in [-0.39, 0.29) is 17.3 Å². The summed E-state index contributed by atoms with van der Waals surface area (Å²) in [6.45, 7) is 5.56. The molecule has 7 heteroatoms. The molecule has 0 aliphatic carbocycles. The molecule has 1 aromatic heterocycles. The van der Waals surface area contributed by atoms with Crippen LogP contribution in [-0.2, 0) is 24.4 Å². The van der Waals surface area contributed by atoms with Crippen molar-refractivity contribution in [1.29, 1.82) is 0 Å². The number of carbonyl (C=O) groups is 1. The van der Waals surface area contributed by atoms with E-state index in [9.17, 15) is 14.0 Å². The van der Waals surface area contributed by atoms with Gasteiger partial charge in [-0.1, -0.05) is 18.2 Å². The van der Waals surface area contributed by atoms with Gasteiger partial charge in [-0.3, -0.25) is 19.4 Å². The monoisotopic (exact) mass is 410 g/mol. The number of amides is 1. The third-order valence-electron chi connectivity index (χ3n) is 6.57. The molecule has 0 unspecified atom stereocenters. The number of hydrogen-bond donors (Lipinski definition) is 1. The third-order valence-corrected chi connectivity index (χ3v) is 6.57. The van der Waals surface area contributed by atoms with Crippen molar-refractivity contribution < 1.29 is 9.18 Å². The molecule has 2 aromatic rings. The third kappa shape index (κ3) is 3.91. The predicted octanol–water partition coefficient (Wildman–Crippen LogP) is 1.54. The van der Waals surface area contributed by atoms with Crippen molar-refractivity contribution in [3.8, 4) is 0 Å². The first-order valence-electron chi connectivity index (χ1n) is 10.7. The zero-order valence-corrected chi connectivity index (χ0v) is 17.0. The SMILES string of the molecule is O=C1CN(Cc2ccc3n(c2=O)C[C@H]2C[C@@H]3CN(Cc3cccc(F)c3)C2)CCN1. The van der Waals surface area contributed by atoms with Crippen LogP contribution in [0.15, 0.2) is 41.2 Å². The molecule has 158 valence electrons. The molecule has 4 heterocycles. The number of benzene rings is 1. The van der Waals surface area contributed by atoms with Gasteiger partial charge in [-0.2, -0.15) is 0 Å². The average Bonchev–Trinajstić information content (AvgIpc) is 2.70. The number of halogens is 1. The van der Waals surface area contributed by atoms with Gasteiger partial charge in [-0.05, 0) is 36.1 Å². The highest BCUT2D eigenvalue weighted by Gasteiger charge is 2.35. The molecule has 3 aliphatic rings. The number of rotatable bonds is 4.